The Kier molecular flexibility index (Phi) is 7.04. The highest BCUT2D eigenvalue weighted by Gasteiger charge is 2.09. The maximum atomic E-state index is 12.2. The number of carbonyl (C=O) groups is 2. The molecule has 1 unspecified atom stereocenters. The van der Waals surface area contributed by atoms with Crippen LogP contribution in [-0.4, -0.2) is 24.4 Å². The number of rotatable bonds is 7. The summed E-state index contributed by atoms with van der Waals surface area (Å²) < 4.78 is 0. The molecular weight excluding hydrogens is 350 g/mol. The number of nitrogens with one attached hydrogen (secondary N) is 3. The van der Waals surface area contributed by atoms with Crippen LogP contribution in [0.3, 0.4) is 0 Å². The molecule has 1 atom stereocenters. The van der Waals surface area contributed by atoms with Crippen molar-refractivity contribution in [1.82, 2.24) is 5.32 Å². The summed E-state index contributed by atoms with van der Waals surface area (Å²) in [6, 6.07) is 12.6. The molecule has 0 spiro atoms. The molecule has 6 heteroatoms. The van der Waals surface area contributed by atoms with Crippen molar-refractivity contribution in [1.29, 1.82) is 0 Å². The molecular formula is C20H24ClN3O2. The minimum Gasteiger partial charge on any atom is -0.376 e. The first-order chi connectivity index (χ1) is 12.4. The highest BCUT2D eigenvalue weighted by molar-refractivity contribution is 6.31. The van der Waals surface area contributed by atoms with Gasteiger partial charge in [0, 0.05) is 28.0 Å². The maximum absolute atomic E-state index is 12.2. The van der Waals surface area contributed by atoms with Crippen LogP contribution in [0.15, 0.2) is 42.5 Å². The second-order valence-corrected chi connectivity index (χ2v) is 6.64. The Bertz CT molecular complexity index is 792. The molecule has 0 aliphatic rings. The molecule has 2 rings (SSSR count). The van der Waals surface area contributed by atoms with Gasteiger partial charge < -0.3 is 16.0 Å². The van der Waals surface area contributed by atoms with E-state index in [0.29, 0.717) is 22.0 Å². The van der Waals surface area contributed by atoms with Gasteiger partial charge in [0.15, 0.2) is 0 Å². The molecule has 26 heavy (non-hydrogen) atoms. The summed E-state index contributed by atoms with van der Waals surface area (Å²) >= 11 is 6.06. The average Bonchev–Trinajstić information content (AvgIpc) is 2.63. The number of hydrogen-bond donors (Lipinski definition) is 3. The van der Waals surface area contributed by atoms with Crippen LogP contribution >= 0.6 is 11.6 Å². The largest absolute Gasteiger partial charge is 0.376 e. The van der Waals surface area contributed by atoms with E-state index in [1.807, 2.05) is 32.9 Å². The summed E-state index contributed by atoms with van der Waals surface area (Å²) in [4.78, 5) is 24.3. The second kappa shape index (κ2) is 9.25. The van der Waals surface area contributed by atoms with Gasteiger partial charge in [-0.05, 0) is 56.2 Å². The Morgan fingerprint density at radius 2 is 1.88 bits per heavy atom. The van der Waals surface area contributed by atoms with E-state index in [1.165, 1.54) is 0 Å². The number of hydrogen-bond acceptors (Lipinski definition) is 3. The fourth-order valence-corrected chi connectivity index (χ4v) is 2.42. The molecule has 0 radical (unpaired) electrons. The summed E-state index contributed by atoms with van der Waals surface area (Å²) in [6.45, 7) is 5.96. The van der Waals surface area contributed by atoms with Crippen molar-refractivity contribution in [3.05, 3.63) is 58.6 Å². The third-order valence-corrected chi connectivity index (χ3v) is 4.43. The lowest BCUT2D eigenvalue weighted by molar-refractivity contribution is -0.114. The fourth-order valence-electron chi connectivity index (χ4n) is 2.24. The van der Waals surface area contributed by atoms with Crippen LogP contribution in [0.1, 0.15) is 36.2 Å². The average molecular weight is 374 g/mol. The number of aryl methyl sites for hydroxylation is 1. The molecule has 0 bridgehead atoms. The molecule has 3 N–H and O–H groups in total. The van der Waals surface area contributed by atoms with E-state index in [2.05, 4.69) is 16.0 Å². The SMILES string of the molecule is CCC(C)NC(=O)c1cccc(NCC(=O)Nc2ccc(C)c(Cl)c2)c1. The van der Waals surface area contributed by atoms with E-state index in [0.717, 1.165) is 12.0 Å². The molecule has 2 amide bonds. The molecule has 0 saturated carbocycles. The molecule has 0 aliphatic carbocycles. The minimum absolute atomic E-state index is 0.0852. The Hall–Kier alpha value is -2.53. The summed E-state index contributed by atoms with van der Waals surface area (Å²) in [5.74, 6) is -0.318. The fraction of sp³-hybridized carbons (Fsp3) is 0.300. The molecule has 0 aromatic heterocycles. The van der Waals surface area contributed by atoms with Crippen LogP contribution < -0.4 is 16.0 Å². The zero-order valence-corrected chi connectivity index (χ0v) is 16.0. The standard InChI is InChI=1S/C20H24ClN3O2/c1-4-14(3)23-20(26)15-6-5-7-16(10-15)22-12-19(25)24-17-9-8-13(2)18(21)11-17/h5-11,14,22H,4,12H2,1-3H3,(H,23,26)(H,24,25). The van der Waals surface area contributed by atoms with Gasteiger partial charge in [-0.2, -0.15) is 0 Å². The second-order valence-electron chi connectivity index (χ2n) is 6.23. The first-order valence-corrected chi connectivity index (χ1v) is 8.97. The quantitative estimate of drug-likeness (QED) is 0.680. The van der Waals surface area contributed by atoms with Crippen LogP contribution in [0.2, 0.25) is 5.02 Å². The summed E-state index contributed by atoms with van der Waals surface area (Å²) in [5.41, 5.74) is 2.87. The van der Waals surface area contributed by atoms with E-state index in [9.17, 15) is 9.59 Å². The van der Waals surface area contributed by atoms with Crippen molar-refractivity contribution >= 4 is 34.8 Å². The highest BCUT2D eigenvalue weighted by atomic mass is 35.5. The zero-order valence-electron chi connectivity index (χ0n) is 15.2. The number of anilines is 2. The van der Waals surface area contributed by atoms with Gasteiger partial charge in [0.2, 0.25) is 5.91 Å². The van der Waals surface area contributed by atoms with Crippen molar-refractivity contribution < 1.29 is 9.59 Å². The smallest absolute Gasteiger partial charge is 0.251 e. The first kappa shape index (κ1) is 19.8. The van der Waals surface area contributed by atoms with Crippen molar-refractivity contribution in [3.8, 4) is 0 Å². The van der Waals surface area contributed by atoms with Crippen molar-refractivity contribution in [3.63, 3.8) is 0 Å². The Morgan fingerprint density at radius 3 is 2.58 bits per heavy atom. The van der Waals surface area contributed by atoms with E-state index in [1.54, 1.807) is 30.3 Å². The monoisotopic (exact) mass is 373 g/mol. The van der Waals surface area contributed by atoms with Crippen LogP contribution in [0.5, 0.6) is 0 Å². The molecule has 0 saturated heterocycles. The van der Waals surface area contributed by atoms with E-state index in [-0.39, 0.29) is 24.4 Å². The predicted molar refractivity (Wildman–Crippen MR) is 107 cm³/mol. The van der Waals surface area contributed by atoms with Crippen LogP contribution in [0.25, 0.3) is 0 Å². The summed E-state index contributed by atoms with van der Waals surface area (Å²) in [6.07, 6.45) is 0.868. The van der Waals surface area contributed by atoms with Gasteiger partial charge >= 0.3 is 0 Å². The normalized spacial score (nSPS) is 11.5. The Labute approximate surface area is 159 Å². The zero-order chi connectivity index (χ0) is 19.1. The summed E-state index contributed by atoms with van der Waals surface area (Å²) in [5, 5.41) is 9.34. The van der Waals surface area contributed by atoms with Crippen molar-refractivity contribution in [2.45, 2.75) is 33.2 Å². The van der Waals surface area contributed by atoms with E-state index in [4.69, 9.17) is 11.6 Å². The van der Waals surface area contributed by atoms with E-state index < -0.39 is 0 Å². The van der Waals surface area contributed by atoms with Crippen LogP contribution in [-0.2, 0) is 4.79 Å². The van der Waals surface area contributed by atoms with Crippen molar-refractivity contribution in [2.75, 3.05) is 17.2 Å². The van der Waals surface area contributed by atoms with Crippen molar-refractivity contribution in [2.24, 2.45) is 0 Å². The molecule has 0 aliphatic heterocycles. The van der Waals surface area contributed by atoms with E-state index >= 15 is 0 Å². The predicted octanol–water partition coefficient (Wildman–Crippen LogP) is 4.23. The lowest BCUT2D eigenvalue weighted by atomic mass is 10.1. The lowest BCUT2D eigenvalue weighted by Crippen LogP contribution is -2.31. The van der Waals surface area contributed by atoms with Gasteiger partial charge in [0.1, 0.15) is 0 Å². The topological polar surface area (TPSA) is 70.2 Å². The molecule has 0 heterocycles. The molecule has 0 fully saturated rings. The molecule has 138 valence electrons. The third-order valence-electron chi connectivity index (χ3n) is 4.02. The number of carbonyl (C=O) groups excluding carboxylic acids is 2. The Morgan fingerprint density at radius 1 is 1.12 bits per heavy atom. The van der Waals surface area contributed by atoms with Gasteiger partial charge in [-0.3, -0.25) is 9.59 Å². The number of amides is 2. The van der Waals surface area contributed by atoms with Gasteiger partial charge in [-0.1, -0.05) is 30.7 Å². The van der Waals surface area contributed by atoms with Crippen LogP contribution in [0, 0.1) is 6.92 Å². The molecule has 2 aromatic carbocycles. The van der Waals surface area contributed by atoms with Gasteiger partial charge in [-0.15, -0.1) is 0 Å². The highest BCUT2D eigenvalue weighted by Crippen LogP contribution is 2.20. The number of benzene rings is 2. The molecule has 2 aromatic rings. The lowest BCUT2D eigenvalue weighted by Gasteiger charge is -2.13. The maximum Gasteiger partial charge on any atom is 0.251 e. The molecule has 5 nitrogen and oxygen atoms in total. The van der Waals surface area contributed by atoms with Gasteiger partial charge in [-0.25, -0.2) is 0 Å². The first-order valence-electron chi connectivity index (χ1n) is 8.60. The third kappa shape index (κ3) is 5.77. The summed E-state index contributed by atoms with van der Waals surface area (Å²) in [7, 11) is 0. The minimum atomic E-state index is -0.195. The van der Waals surface area contributed by atoms with Gasteiger partial charge in [0.25, 0.3) is 5.91 Å². The Balaban J connectivity index is 1.92. The van der Waals surface area contributed by atoms with Crippen LogP contribution in [0.4, 0.5) is 11.4 Å². The number of halogens is 1. The van der Waals surface area contributed by atoms with Gasteiger partial charge in [0.05, 0.1) is 6.54 Å².